The predicted molar refractivity (Wildman–Crippen MR) is 361 cm³/mol. The number of ether oxygens (including phenoxy) is 1. The summed E-state index contributed by atoms with van der Waals surface area (Å²) in [5, 5.41) is 23.1. The van der Waals surface area contributed by atoms with Gasteiger partial charge in [-0.05, 0) is 64.2 Å². The molecule has 0 saturated heterocycles. The standard InChI is InChI=1S/C76H145NO5/c1-3-5-7-9-11-13-15-17-18-38-42-46-50-54-58-62-66-70-76(81)82-71-67-63-59-55-51-47-43-40-37-35-33-31-29-27-25-23-21-19-20-22-24-26-28-30-32-34-36-39-41-45-49-53-57-61-65-69-75(80)77-73(72-78)74(79)68-64-60-56-52-48-44-16-14-12-10-8-6-4-2/h11,13,17-18,64,68,73-74,78-79H,3-10,12,14-16,19-63,65-67,69-72H2,1-2H3,(H,77,80)/b13-11-,18-17-,68-64+. The van der Waals surface area contributed by atoms with Crippen molar-refractivity contribution in [2.75, 3.05) is 13.2 Å². The van der Waals surface area contributed by atoms with E-state index in [1.54, 1.807) is 6.08 Å². The van der Waals surface area contributed by atoms with Gasteiger partial charge in [-0.2, -0.15) is 0 Å². The molecule has 0 fully saturated rings. The van der Waals surface area contributed by atoms with Gasteiger partial charge in [-0.25, -0.2) is 0 Å². The monoisotopic (exact) mass is 1150 g/mol. The van der Waals surface area contributed by atoms with Gasteiger partial charge in [0.1, 0.15) is 0 Å². The highest BCUT2D eigenvalue weighted by Gasteiger charge is 2.18. The average molecular weight is 1150 g/mol. The zero-order valence-corrected chi connectivity index (χ0v) is 55.5. The van der Waals surface area contributed by atoms with Gasteiger partial charge in [0.2, 0.25) is 5.91 Å². The van der Waals surface area contributed by atoms with Gasteiger partial charge in [0.05, 0.1) is 25.4 Å². The molecule has 0 rings (SSSR count). The Morgan fingerprint density at radius 1 is 0.341 bits per heavy atom. The molecule has 0 spiro atoms. The van der Waals surface area contributed by atoms with Crippen LogP contribution in [0.4, 0.5) is 0 Å². The fourth-order valence-electron chi connectivity index (χ4n) is 11.7. The van der Waals surface area contributed by atoms with Gasteiger partial charge >= 0.3 is 5.97 Å². The minimum Gasteiger partial charge on any atom is -0.466 e. The van der Waals surface area contributed by atoms with Crippen molar-refractivity contribution in [3.8, 4) is 0 Å². The van der Waals surface area contributed by atoms with Gasteiger partial charge in [-0.1, -0.05) is 371 Å². The highest BCUT2D eigenvalue weighted by atomic mass is 16.5. The van der Waals surface area contributed by atoms with Crippen molar-refractivity contribution >= 4 is 11.9 Å². The van der Waals surface area contributed by atoms with E-state index in [0.717, 1.165) is 51.4 Å². The van der Waals surface area contributed by atoms with Crippen LogP contribution in [0.2, 0.25) is 0 Å². The summed E-state index contributed by atoms with van der Waals surface area (Å²) in [5.41, 5.74) is 0. The first-order valence-electron chi connectivity index (χ1n) is 37.3. The Kier molecular flexibility index (Phi) is 69.9. The Morgan fingerprint density at radius 2 is 0.610 bits per heavy atom. The molecule has 2 atom stereocenters. The number of nitrogens with one attached hydrogen (secondary N) is 1. The molecule has 484 valence electrons. The Bertz CT molecular complexity index is 1330. The summed E-state index contributed by atoms with van der Waals surface area (Å²) >= 11 is 0. The molecular weight excluding hydrogens is 1010 g/mol. The normalized spacial score (nSPS) is 12.7. The smallest absolute Gasteiger partial charge is 0.305 e. The first-order chi connectivity index (χ1) is 40.5. The summed E-state index contributed by atoms with van der Waals surface area (Å²) in [7, 11) is 0. The minimum absolute atomic E-state index is 0.0150. The lowest BCUT2D eigenvalue weighted by molar-refractivity contribution is -0.143. The molecule has 0 heterocycles. The van der Waals surface area contributed by atoms with Crippen molar-refractivity contribution in [3.63, 3.8) is 0 Å². The third-order valence-electron chi connectivity index (χ3n) is 17.4. The van der Waals surface area contributed by atoms with Crippen molar-refractivity contribution in [2.45, 2.75) is 424 Å². The number of unbranched alkanes of at least 4 members (excludes halogenated alkanes) is 55. The Labute approximate surface area is 513 Å². The zero-order valence-electron chi connectivity index (χ0n) is 55.5. The minimum atomic E-state index is -0.840. The van der Waals surface area contributed by atoms with Gasteiger partial charge in [0.25, 0.3) is 0 Å². The number of aliphatic hydroxyl groups excluding tert-OH is 2. The third kappa shape index (κ3) is 67.2. The second-order valence-corrected chi connectivity index (χ2v) is 25.6. The van der Waals surface area contributed by atoms with E-state index in [0.29, 0.717) is 19.4 Å². The number of rotatable bonds is 70. The molecule has 0 radical (unpaired) electrons. The van der Waals surface area contributed by atoms with Crippen molar-refractivity contribution in [1.82, 2.24) is 5.32 Å². The highest BCUT2D eigenvalue weighted by molar-refractivity contribution is 5.76. The molecule has 82 heavy (non-hydrogen) atoms. The molecule has 0 bridgehead atoms. The molecule has 0 aromatic heterocycles. The van der Waals surface area contributed by atoms with Gasteiger partial charge in [-0.3, -0.25) is 9.59 Å². The van der Waals surface area contributed by atoms with E-state index in [1.165, 1.54) is 334 Å². The number of hydrogen-bond acceptors (Lipinski definition) is 5. The van der Waals surface area contributed by atoms with Crippen LogP contribution in [0.5, 0.6) is 0 Å². The second kappa shape index (κ2) is 71.6. The van der Waals surface area contributed by atoms with Gasteiger partial charge < -0.3 is 20.3 Å². The lowest BCUT2D eigenvalue weighted by Crippen LogP contribution is -2.45. The number of carbonyl (C=O) groups excluding carboxylic acids is 2. The third-order valence-corrected chi connectivity index (χ3v) is 17.4. The summed E-state index contributed by atoms with van der Waals surface area (Å²) in [5.74, 6) is -0.0461. The van der Waals surface area contributed by atoms with Crippen molar-refractivity contribution in [2.24, 2.45) is 0 Å². The van der Waals surface area contributed by atoms with Crippen LogP contribution in [0.15, 0.2) is 36.5 Å². The summed E-state index contributed by atoms with van der Waals surface area (Å²) in [6.45, 7) is 4.90. The fraction of sp³-hybridized carbons (Fsp3) is 0.895. The molecular formula is C76H145NO5. The molecule has 0 aliphatic rings. The molecule has 0 aliphatic heterocycles. The van der Waals surface area contributed by atoms with Gasteiger partial charge in [-0.15, -0.1) is 0 Å². The number of allylic oxidation sites excluding steroid dienone is 5. The van der Waals surface area contributed by atoms with Crippen LogP contribution in [0.3, 0.4) is 0 Å². The van der Waals surface area contributed by atoms with Crippen LogP contribution < -0.4 is 5.32 Å². The molecule has 0 aliphatic carbocycles. The lowest BCUT2D eigenvalue weighted by atomic mass is 10.0. The highest BCUT2D eigenvalue weighted by Crippen LogP contribution is 2.19. The summed E-state index contributed by atoms with van der Waals surface area (Å²) < 4.78 is 5.50. The van der Waals surface area contributed by atoms with E-state index in [2.05, 4.69) is 43.5 Å². The van der Waals surface area contributed by atoms with E-state index in [4.69, 9.17) is 4.74 Å². The van der Waals surface area contributed by atoms with Crippen LogP contribution >= 0.6 is 0 Å². The van der Waals surface area contributed by atoms with Gasteiger partial charge in [0, 0.05) is 12.8 Å². The van der Waals surface area contributed by atoms with E-state index in [-0.39, 0.29) is 18.5 Å². The van der Waals surface area contributed by atoms with Crippen LogP contribution in [0.25, 0.3) is 0 Å². The molecule has 6 heteroatoms. The van der Waals surface area contributed by atoms with E-state index < -0.39 is 12.1 Å². The lowest BCUT2D eigenvalue weighted by Gasteiger charge is -2.20. The van der Waals surface area contributed by atoms with Crippen molar-refractivity contribution in [1.29, 1.82) is 0 Å². The first-order valence-corrected chi connectivity index (χ1v) is 37.3. The van der Waals surface area contributed by atoms with Crippen molar-refractivity contribution < 1.29 is 24.5 Å². The summed E-state index contributed by atoms with van der Waals surface area (Å²) in [6, 6.07) is -0.623. The number of aliphatic hydroxyl groups is 2. The molecule has 0 aromatic rings. The topological polar surface area (TPSA) is 95.9 Å². The maximum absolute atomic E-state index is 12.5. The maximum Gasteiger partial charge on any atom is 0.305 e. The number of amides is 1. The van der Waals surface area contributed by atoms with E-state index >= 15 is 0 Å². The quantitative estimate of drug-likeness (QED) is 0.0320. The molecule has 1 amide bonds. The first kappa shape index (κ1) is 80.1. The van der Waals surface area contributed by atoms with Crippen LogP contribution in [-0.4, -0.2) is 47.4 Å². The second-order valence-electron chi connectivity index (χ2n) is 25.6. The van der Waals surface area contributed by atoms with Crippen LogP contribution in [-0.2, 0) is 14.3 Å². The average Bonchev–Trinajstić information content (AvgIpc) is 3.48. The van der Waals surface area contributed by atoms with Crippen molar-refractivity contribution in [3.05, 3.63) is 36.5 Å². The number of esters is 1. The fourth-order valence-corrected chi connectivity index (χ4v) is 11.7. The molecule has 6 nitrogen and oxygen atoms in total. The molecule has 2 unspecified atom stereocenters. The summed E-state index contributed by atoms with van der Waals surface area (Å²) in [4.78, 5) is 24.6. The Balaban J connectivity index is 3.30. The Hall–Kier alpha value is -1.92. The van der Waals surface area contributed by atoms with E-state index in [1.807, 2.05) is 6.08 Å². The number of carbonyl (C=O) groups is 2. The molecule has 0 aromatic carbocycles. The SMILES string of the molecule is CCCCC/C=C\C/C=C\CCCCCCCCCC(=O)OCCCCCCCCCCCCCCCCCCCCCCCCCCCCCCCCCCCCCC(=O)NC(CO)C(O)/C=C/CCCCCCCCCCCCC. The Morgan fingerprint density at radius 3 is 0.951 bits per heavy atom. The number of hydrogen-bond donors (Lipinski definition) is 3. The van der Waals surface area contributed by atoms with E-state index in [9.17, 15) is 19.8 Å². The molecule has 0 saturated carbocycles. The summed E-state index contributed by atoms with van der Waals surface area (Å²) in [6.07, 6.45) is 92.6. The van der Waals surface area contributed by atoms with Gasteiger partial charge in [0.15, 0.2) is 0 Å². The molecule has 3 N–H and O–H groups in total. The maximum atomic E-state index is 12.5. The van der Waals surface area contributed by atoms with Crippen LogP contribution in [0, 0.1) is 0 Å². The zero-order chi connectivity index (χ0) is 59.2. The largest absolute Gasteiger partial charge is 0.466 e. The predicted octanol–water partition coefficient (Wildman–Crippen LogP) is 24.3. The van der Waals surface area contributed by atoms with Crippen LogP contribution in [0.1, 0.15) is 412 Å².